The van der Waals surface area contributed by atoms with Crippen LogP contribution in [0.5, 0.6) is 11.5 Å². The fourth-order valence-electron chi connectivity index (χ4n) is 4.38. The number of rotatable bonds is 10. The first kappa shape index (κ1) is 24.6. The van der Waals surface area contributed by atoms with E-state index in [-0.39, 0.29) is 17.5 Å². The van der Waals surface area contributed by atoms with Crippen LogP contribution in [0.25, 0.3) is 6.08 Å². The van der Waals surface area contributed by atoms with E-state index in [9.17, 15) is 14.7 Å². The van der Waals surface area contributed by atoms with Crippen LogP contribution >= 0.6 is 0 Å². The van der Waals surface area contributed by atoms with Crippen molar-refractivity contribution in [1.82, 2.24) is 5.32 Å². The topological polar surface area (TPSA) is 75.6 Å². The molecule has 1 amide bonds. The number of aliphatic carboxylic acids is 1. The lowest BCUT2D eigenvalue weighted by Gasteiger charge is -2.27. The highest BCUT2D eigenvalue weighted by atomic mass is 16.5. The van der Waals surface area contributed by atoms with Gasteiger partial charge in [-0.3, -0.25) is 4.79 Å². The highest BCUT2D eigenvalue weighted by Gasteiger charge is 2.27. The number of unbranched alkanes of at least 4 members (excludes halogenated alkanes) is 2. The summed E-state index contributed by atoms with van der Waals surface area (Å²) in [4.78, 5) is 24.5. The normalized spacial score (nSPS) is 18.5. The summed E-state index contributed by atoms with van der Waals surface area (Å²) in [7, 11) is 0. The van der Waals surface area contributed by atoms with E-state index in [4.69, 9.17) is 4.74 Å². The van der Waals surface area contributed by atoms with Crippen molar-refractivity contribution in [2.75, 3.05) is 0 Å². The zero-order valence-electron chi connectivity index (χ0n) is 19.7. The summed E-state index contributed by atoms with van der Waals surface area (Å²) in [5, 5.41) is 12.3. The van der Waals surface area contributed by atoms with Crippen LogP contribution in [0.4, 0.5) is 0 Å². The summed E-state index contributed by atoms with van der Waals surface area (Å²) < 4.78 is 5.89. The van der Waals surface area contributed by atoms with Crippen molar-refractivity contribution in [3.05, 3.63) is 65.4 Å². The van der Waals surface area contributed by atoms with Gasteiger partial charge in [0.15, 0.2) is 0 Å². The highest BCUT2D eigenvalue weighted by molar-refractivity contribution is 5.97. The van der Waals surface area contributed by atoms with E-state index in [0.29, 0.717) is 17.2 Å². The van der Waals surface area contributed by atoms with E-state index in [1.54, 1.807) is 24.3 Å². The number of carboxylic acids is 1. The number of aryl methyl sites for hydroxylation is 1. The van der Waals surface area contributed by atoms with Gasteiger partial charge >= 0.3 is 5.97 Å². The standard InChI is InChI=1S/C28H35NO4/c1-3-4-5-9-21-11-15-23(16-12-21)27(30)29-25(28(31)32)19-22-13-17-24(18-14-22)33-26-10-7-6-8-20(26)2/h6-8,10,13-14,17-19,21,23H,3-5,9,11-12,15-16H2,1-2H3,(H,29,30)(H,31,32)/b25-19-. The first-order valence-electron chi connectivity index (χ1n) is 12.1. The SMILES string of the molecule is CCCCCC1CCC(C(=O)N/C(=C\c2ccc(Oc3ccccc3C)cc2)C(=O)O)CC1. The zero-order valence-corrected chi connectivity index (χ0v) is 19.7. The van der Waals surface area contributed by atoms with Crippen molar-refractivity contribution in [1.29, 1.82) is 0 Å². The molecule has 33 heavy (non-hydrogen) atoms. The molecule has 0 unspecified atom stereocenters. The summed E-state index contributed by atoms with van der Waals surface area (Å²) >= 11 is 0. The van der Waals surface area contributed by atoms with Crippen LogP contribution in [0, 0.1) is 18.8 Å². The van der Waals surface area contributed by atoms with E-state index in [1.165, 1.54) is 31.8 Å². The molecule has 2 aromatic rings. The van der Waals surface area contributed by atoms with Gasteiger partial charge in [-0.05, 0) is 73.9 Å². The Bertz CT molecular complexity index is 956. The summed E-state index contributed by atoms with van der Waals surface area (Å²) in [5.41, 5.74) is 1.62. The van der Waals surface area contributed by atoms with Gasteiger partial charge < -0.3 is 15.2 Å². The average molecular weight is 450 g/mol. The minimum absolute atomic E-state index is 0.0994. The molecule has 5 heteroatoms. The molecular formula is C28H35NO4. The molecule has 0 saturated heterocycles. The number of carbonyl (C=O) groups excluding carboxylic acids is 1. The predicted octanol–water partition coefficient (Wildman–Crippen LogP) is 6.72. The van der Waals surface area contributed by atoms with Gasteiger partial charge in [0.2, 0.25) is 5.91 Å². The van der Waals surface area contributed by atoms with Crippen LogP contribution in [-0.2, 0) is 9.59 Å². The Hall–Kier alpha value is -3.08. The van der Waals surface area contributed by atoms with E-state index in [2.05, 4.69) is 12.2 Å². The average Bonchev–Trinajstić information content (AvgIpc) is 2.82. The molecule has 0 heterocycles. The zero-order chi connectivity index (χ0) is 23.6. The van der Waals surface area contributed by atoms with E-state index in [1.807, 2.05) is 31.2 Å². The van der Waals surface area contributed by atoms with Gasteiger partial charge in [0.05, 0.1) is 0 Å². The molecule has 5 nitrogen and oxygen atoms in total. The van der Waals surface area contributed by atoms with Gasteiger partial charge in [0.1, 0.15) is 17.2 Å². The number of hydrogen-bond acceptors (Lipinski definition) is 3. The number of benzene rings is 2. The van der Waals surface area contributed by atoms with E-state index in [0.717, 1.165) is 37.0 Å². The first-order chi connectivity index (χ1) is 16.0. The Morgan fingerprint density at radius 3 is 2.36 bits per heavy atom. The fraction of sp³-hybridized carbons (Fsp3) is 0.429. The maximum atomic E-state index is 12.7. The molecule has 0 bridgehead atoms. The summed E-state index contributed by atoms with van der Waals surface area (Å²) in [6.45, 7) is 4.19. The van der Waals surface area contributed by atoms with Gasteiger partial charge in [-0.25, -0.2) is 4.79 Å². The number of para-hydroxylation sites is 1. The lowest BCUT2D eigenvalue weighted by molar-refractivity contribution is -0.135. The number of carbonyl (C=O) groups is 2. The Labute approximate surface area is 196 Å². The molecule has 0 atom stereocenters. The van der Waals surface area contributed by atoms with Crippen molar-refractivity contribution in [3.8, 4) is 11.5 Å². The Kier molecular flexibility index (Phi) is 9.11. The molecule has 3 rings (SSSR count). The molecule has 176 valence electrons. The molecule has 0 aromatic heterocycles. The number of hydrogen-bond donors (Lipinski definition) is 2. The molecule has 0 radical (unpaired) electrons. The first-order valence-corrected chi connectivity index (χ1v) is 12.1. The molecule has 1 aliphatic carbocycles. The molecule has 2 aromatic carbocycles. The Balaban J connectivity index is 1.57. The Morgan fingerprint density at radius 2 is 1.73 bits per heavy atom. The van der Waals surface area contributed by atoms with Gasteiger partial charge in [-0.15, -0.1) is 0 Å². The molecule has 1 saturated carbocycles. The lowest BCUT2D eigenvalue weighted by Crippen LogP contribution is -2.34. The van der Waals surface area contributed by atoms with Crippen LogP contribution in [0.1, 0.15) is 69.4 Å². The smallest absolute Gasteiger partial charge is 0.352 e. The second-order valence-corrected chi connectivity index (χ2v) is 9.00. The van der Waals surface area contributed by atoms with Crippen molar-refractivity contribution in [2.45, 2.75) is 65.2 Å². The quantitative estimate of drug-likeness (QED) is 0.312. The highest BCUT2D eigenvalue weighted by Crippen LogP contribution is 2.32. The minimum atomic E-state index is -1.14. The molecule has 2 N–H and O–H groups in total. The van der Waals surface area contributed by atoms with E-state index < -0.39 is 5.97 Å². The molecule has 0 aliphatic heterocycles. The van der Waals surface area contributed by atoms with Crippen LogP contribution < -0.4 is 10.1 Å². The van der Waals surface area contributed by atoms with Crippen molar-refractivity contribution >= 4 is 18.0 Å². The van der Waals surface area contributed by atoms with Crippen LogP contribution in [0.15, 0.2) is 54.2 Å². The third-order valence-electron chi connectivity index (χ3n) is 6.43. The third-order valence-corrected chi connectivity index (χ3v) is 6.43. The van der Waals surface area contributed by atoms with E-state index >= 15 is 0 Å². The van der Waals surface area contributed by atoms with Gasteiger partial charge in [0.25, 0.3) is 0 Å². The summed E-state index contributed by atoms with van der Waals surface area (Å²) in [5.74, 6) is 0.708. The fourth-order valence-corrected chi connectivity index (χ4v) is 4.38. The Morgan fingerprint density at radius 1 is 1.03 bits per heavy atom. The van der Waals surface area contributed by atoms with Crippen LogP contribution in [0.2, 0.25) is 0 Å². The van der Waals surface area contributed by atoms with Gasteiger partial charge in [0, 0.05) is 5.92 Å². The maximum absolute atomic E-state index is 12.7. The molecule has 1 fully saturated rings. The number of amides is 1. The van der Waals surface area contributed by atoms with Crippen molar-refractivity contribution in [2.24, 2.45) is 11.8 Å². The largest absolute Gasteiger partial charge is 0.477 e. The summed E-state index contributed by atoms with van der Waals surface area (Å²) in [6, 6.07) is 14.9. The summed E-state index contributed by atoms with van der Waals surface area (Å²) in [6.07, 6.45) is 10.3. The van der Waals surface area contributed by atoms with Crippen molar-refractivity contribution in [3.63, 3.8) is 0 Å². The van der Waals surface area contributed by atoms with Crippen LogP contribution in [0.3, 0.4) is 0 Å². The second-order valence-electron chi connectivity index (χ2n) is 9.00. The monoisotopic (exact) mass is 449 g/mol. The lowest BCUT2D eigenvalue weighted by atomic mass is 9.79. The number of nitrogens with one attached hydrogen (secondary N) is 1. The predicted molar refractivity (Wildman–Crippen MR) is 131 cm³/mol. The van der Waals surface area contributed by atoms with Crippen molar-refractivity contribution < 1.29 is 19.4 Å². The molecular weight excluding hydrogens is 414 g/mol. The minimum Gasteiger partial charge on any atom is -0.477 e. The molecule has 1 aliphatic rings. The van der Waals surface area contributed by atoms with Gasteiger partial charge in [-0.2, -0.15) is 0 Å². The molecule has 0 spiro atoms. The maximum Gasteiger partial charge on any atom is 0.352 e. The number of ether oxygens (including phenoxy) is 1. The second kappa shape index (κ2) is 12.2. The number of carboxylic acid groups (broad SMARTS) is 1. The third kappa shape index (κ3) is 7.48. The van der Waals surface area contributed by atoms with Crippen LogP contribution in [-0.4, -0.2) is 17.0 Å². The van der Waals surface area contributed by atoms with Gasteiger partial charge in [-0.1, -0.05) is 62.9 Å².